The molecule has 2 atom stereocenters. The number of methoxy groups -OCH3 is 2. The summed E-state index contributed by atoms with van der Waals surface area (Å²) in [6.45, 7) is -0.253. The molecule has 1 fully saturated rings. The van der Waals surface area contributed by atoms with E-state index in [0.717, 1.165) is 9.37 Å². The highest BCUT2D eigenvalue weighted by Gasteiger charge is 2.55. The fourth-order valence-corrected chi connectivity index (χ4v) is 3.69. The highest BCUT2D eigenvalue weighted by atomic mass is 79.9. The third-order valence-electron chi connectivity index (χ3n) is 4.88. The molecule has 160 valence electrons. The van der Waals surface area contributed by atoms with Gasteiger partial charge in [-0.3, -0.25) is 19.4 Å². The van der Waals surface area contributed by atoms with Crippen LogP contribution in [0.15, 0.2) is 57.3 Å². The van der Waals surface area contributed by atoms with E-state index in [-0.39, 0.29) is 6.54 Å². The van der Waals surface area contributed by atoms with Gasteiger partial charge >= 0.3 is 0 Å². The molecule has 3 amide bonds. The minimum atomic E-state index is -0.971. The summed E-state index contributed by atoms with van der Waals surface area (Å²) in [6.07, 6.45) is 0. The van der Waals surface area contributed by atoms with Crippen LogP contribution in [0.5, 0.6) is 11.5 Å². The van der Waals surface area contributed by atoms with E-state index in [1.807, 2.05) is 0 Å². The van der Waals surface area contributed by atoms with E-state index in [1.165, 1.54) is 19.2 Å². The molecule has 2 aliphatic rings. The summed E-state index contributed by atoms with van der Waals surface area (Å²) in [5.74, 6) is -0.355. The third kappa shape index (κ3) is 3.96. The summed E-state index contributed by atoms with van der Waals surface area (Å²) in [5.41, 5.74) is 0.898. The summed E-state index contributed by atoms with van der Waals surface area (Å²) >= 11 is 3.32. The van der Waals surface area contributed by atoms with Crippen molar-refractivity contribution < 1.29 is 23.9 Å². The van der Waals surface area contributed by atoms with Crippen molar-refractivity contribution in [3.8, 4) is 11.5 Å². The van der Waals surface area contributed by atoms with Crippen molar-refractivity contribution in [3.05, 3.63) is 46.9 Å². The average molecular weight is 488 g/mol. The number of benzene rings is 2. The molecular formula is C20H18BrN5O5. The quantitative estimate of drug-likeness (QED) is 0.625. The lowest BCUT2D eigenvalue weighted by Crippen LogP contribution is -2.43. The molecule has 2 unspecified atom stereocenters. The van der Waals surface area contributed by atoms with E-state index in [0.29, 0.717) is 22.9 Å². The molecular weight excluding hydrogens is 470 g/mol. The Hall–Kier alpha value is -3.47. The highest BCUT2D eigenvalue weighted by molar-refractivity contribution is 9.10. The van der Waals surface area contributed by atoms with Gasteiger partial charge in [0.2, 0.25) is 5.91 Å². The second-order valence-electron chi connectivity index (χ2n) is 6.83. The van der Waals surface area contributed by atoms with Crippen molar-refractivity contribution >= 4 is 45.0 Å². The van der Waals surface area contributed by atoms with Crippen LogP contribution in [0, 0.1) is 0 Å². The van der Waals surface area contributed by atoms with E-state index in [9.17, 15) is 14.4 Å². The molecule has 11 heteroatoms. The van der Waals surface area contributed by atoms with Crippen LogP contribution in [0.1, 0.15) is 0 Å². The van der Waals surface area contributed by atoms with Crippen molar-refractivity contribution in [1.29, 1.82) is 0 Å². The molecule has 0 spiro atoms. The van der Waals surface area contributed by atoms with Gasteiger partial charge in [0.1, 0.15) is 18.0 Å². The van der Waals surface area contributed by atoms with E-state index in [4.69, 9.17) is 9.47 Å². The zero-order valence-electron chi connectivity index (χ0n) is 16.6. The van der Waals surface area contributed by atoms with Gasteiger partial charge in [-0.05, 0) is 24.3 Å². The van der Waals surface area contributed by atoms with Crippen LogP contribution in [0.3, 0.4) is 0 Å². The van der Waals surface area contributed by atoms with Crippen LogP contribution in [-0.2, 0) is 14.4 Å². The summed E-state index contributed by atoms with van der Waals surface area (Å²) in [7, 11) is 3.01. The minimum absolute atomic E-state index is 0.253. The van der Waals surface area contributed by atoms with E-state index >= 15 is 0 Å². The Balaban J connectivity index is 1.48. The molecule has 2 aromatic carbocycles. The molecule has 2 heterocycles. The fourth-order valence-electron chi connectivity index (χ4n) is 3.43. The van der Waals surface area contributed by atoms with Gasteiger partial charge in [-0.2, -0.15) is 5.11 Å². The van der Waals surface area contributed by atoms with Gasteiger partial charge in [-0.15, -0.1) is 0 Å². The lowest BCUT2D eigenvalue weighted by Gasteiger charge is -2.20. The molecule has 10 nitrogen and oxygen atoms in total. The number of rotatable bonds is 6. The van der Waals surface area contributed by atoms with Gasteiger partial charge < -0.3 is 14.8 Å². The number of carbonyl (C=O) groups is 3. The first-order chi connectivity index (χ1) is 14.9. The van der Waals surface area contributed by atoms with E-state index in [1.54, 1.807) is 42.5 Å². The monoisotopic (exact) mass is 487 g/mol. The first-order valence-corrected chi connectivity index (χ1v) is 10.0. The Morgan fingerprint density at radius 3 is 2.32 bits per heavy atom. The van der Waals surface area contributed by atoms with Gasteiger partial charge in [0, 0.05) is 28.4 Å². The molecule has 0 aromatic heterocycles. The van der Waals surface area contributed by atoms with Crippen molar-refractivity contribution in [1.82, 2.24) is 5.01 Å². The summed E-state index contributed by atoms with van der Waals surface area (Å²) in [6, 6.07) is 9.80. The van der Waals surface area contributed by atoms with Crippen LogP contribution in [0.4, 0.5) is 11.4 Å². The predicted octanol–water partition coefficient (Wildman–Crippen LogP) is 2.40. The maximum Gasteiger partial charge on any atom is 0.263 e. The molecule has 1 N–H and O–H groups in total. The second-order valence-corrected chi connectivity index (χ2v) is 7.75. The van der Waals surface area contributed by atoms with Crippen LogP contribution < -0.4 is 19.7 Å². The van der Waals surface area contributed by atoms with Gasteiger partial charge in [0.05, 0.1) is 19.9 Å². The maximum atomic E-state index is 13.0. The molecule has 31 heavy (non-hydrogen) atoms. The maximum absolute atomic E-state index is 13.0. The van der Waals surface area contributed by atoms with Crippen LogP contribution in [-0.4, -0.2) is 55.6 Å². The first-order valence-electron chi connectivity index (χ1n) is 9.25. The zero-order chi connectivity index (χ0) is 22.1. The normalized spacial score (nSPS) is 19.6. The minimum Gasteiger partial charge on any atom is -0.497 e. The summed E-state index contributed by atoms with van der Waals surface area (Å²) < 4.78 is 11.2. The SMILES string of the molecule is COc1cc(NC(=O)CN2N=NC3C(=O)N(c4ccc(Br)cc4)C(=O)C32)cc(OC)c1. The molecule has 0 radical (unpaired) electrons. The third-order valence-corrected chi connectivity index (χ3v) is 5.41. The summed E-state index contributed by atoms with van der Waals surface area (Å²) in [5, 5.41) is 11.8. The Labute approximate surface area is 185 Å². The number of fused-ring (bicyclic) bond motifs is 1. The Bertz CT molecular complexity index is 1050. The molecule has 0 saturated carbocycles. The number of anilines is 2. The molecule has 2 aliphatic heterocycles. The summed E-state index contributed by atoms with van der Waals surface area (Å²) in [4.78, 5) is 39.4. The van der Waals surface area contributed by atoms with Gasteiger partial charge in [-0.1, -0.05) is 21.2 Å². The smallest absolute Gasteiger partial charge is 0.263 e. The molecule has 1 saturated heterocycles. The predicted molar refractivity (Wildman–Crippen MR) is 114 cm³/mol. The largest absolute Gasteiger partial charge is 0.497 e. The van der Waals surface area contributed by atoms with Gasteiger partial charge in [0.25, 0.3) is 11.8 Å². The molecule has 0 bridgehead atoms. The number of ether oxygens (including phenoxy) is 2. The Morgan fingerprint density at radius 1 is 1.06 bits per heavy atom. The average Bonchev–Trinajstić information content (AvgIpc) is 3.28. The number of hydrogen-bond acceptors (Lipinski definition) is 8. The Kier molecular flexibility index (Phi) is 5.59. The molecule has 2 aromatic rings. The van der Waals surface area contributed by atoms with Crippen LogP contribution >= 0.6 is 15.9 Å². The highest BCUT2D eigenvalue weighted by Crippen LogP contribution is 2.32. The standard InChI is InChI=1S/C20H18BrN5O5/c1-30-14-7-12(8-15(9-14)31-2)22-16(27)10-25-18-17(23-24-25)19(28)26(20(18)29)13-5-3-11(21)4-6-13/h3-9,17-18H,10H2,1-2H3,(H,22,27). The topological polar surface area (TPSA) is 113 Å². The number of halogens is 1. The lowest BCUT2D eigenvalue weighted by atomic mass is 10.1. The number of nitrogens with zero attached hydrogens (tertiary/aromatic N) is 4. The lowest BCUT2D eigenvalue weighted by molar-refractivity contribution is -0.123. The van der Waals surface area contributed by atoms with E-state index in [2.05, 4.69) is 31.6 Å². The zero-order valence-corrected chi connectivity index (χ0v) is 18.2. The number of imide groups is 1. The van der Waals surface area contributed by atoms with Gasteiger partial charge in [-0.25, -0.2) is 4.90 Å². The second kappa shape index (κ2) is 8.34. The number of nitrogens with one attached hydrogen (secondary N) is 1. The Morgan fingerprint density at radius 2 is 1.71 bits per heavy atom. The number of amides is 3. The van der Waals surface area contributed by atoms with Crippen molar-refractivity contribution in [2.75, 3.05) is 31.0 Å². The number of carbonyl (C=O) groups excluding carboxylic acids is 3. The first kappa shape index (κ1) is 20.8. The van der Waals surface area contributed by atoms with E-state index < -0.39 is 29.8 Å². The fraction of sp³-hybridized carbons (Fsp3) is 0.250. The van der Waals surface area contributed by atoms with Crippen LogP contribution in [0.2, 0.25) is 0 Å². The van der Waals surface area contributed by atoms with Gasteiger partial charge in [0.15, 0.2) is 12.1 Å². The van der Waals surface area contributed by atoms with Crippen molar-refractivity contribution in [3.63, 3.8) is 0 Å². The van der Waals surface area contributed by atoms with Crippen molar-refractivity contribution in [2.45, 2.75) is 12.1 Å². The van der Waals surface area contributed by atoms with Crippen molar-refractivity contribution in [2.24, 2.45) is 10.3 Å². The van der Waals surface area contributed by atoms with Crippen LogP contribution in [0.25, 0.3) is 0 Å². The molecule has 0 aliphatic carbocycles. The number of hydrogen-bond donors (Lipinski definition) is 1. The molecule has 4 rings (SSSR count).